The molecular weight excluding hydrogens is 362 g/mol. The lowest BCUT2D eigenvalue weighted by molar-refractivity contribution is -0.129. The third kappa shape index (κ3) is 4.44. The molecular formula is C19H25N5O2S. The Kier molecular flexibility index (Phi) is 5.63. The zero-order valence-corrected chi connectivity index (χ0v) is 16.4. The Hall–Kier alpha value is -2.06. The quantitative estimate of drug-likeness (QED) is 0.677. The van der Waals surface area contributed by atoms with Gasteiger partial charge in [-0.2, -0.15) is 0 Å². The number of rotatable bonds is 7. The van der Waals surface area contributed by atoms with Gasteiger partial charge >= 0.3 is 0 Å². The van der Waals surface area contributed by atoms with Crippen LogP contribution in [-0.4, -0.2) is 63.7 Å². The second kappa shape index (κ2) is 8.31. The Morgan fingerprint density at radius 2 is 1.96 bits per heavy atom. The molecule has 2 fully saturated rings. The molecule has 0 unspecified atom stereocenters. The van der Waals surface area contributed by atoms with Crippen LogP contribution in [0.25, 0.3) is 0 Å². The largest absolute Gasteiger partial charge is 0.378 e. The average molecular weight is 388 g/mol. The molecule has 7 nitrogen and oxygen atoms in total. The zero-order valence-electron chi connectivity index (χ0n) is 15.6. The summed E-state index contributed by atoms with van der Waals surface area (Å²) in [6, 6.07) is 10.6. The molecule has 0 bridgehead atoms. The fourth-order valence-electron chi connectivity index (χ4n) is 3.27. The summed E-state index contributed by atoms with van der Waals surface area (Å²) >= 11 is 1.46. The van der Waals surface area contributed by atoms with Gasteiger partial charge in [0.25, 0.3) is 0 Å². The van der Waals surface area contributed by atoms with Crippen molar-refractivity contribution in [1.82, 2.24) is 19.7 Å². The number of amides is 1. The molecule has 0 spiro atoms. The van der Waals surface area contributed by atoms with Crippen LogP contribution in [0.3, 0.4) is 0 Å². The minimum Gasteiger partial charge on any atom is -0.378 e. The number of thioether (sulfide) groups is 1. The van der Waals surface area contributed by atoms with Crippen LogP contribution in [0.4, 0.5) is 5.95 Å². The van der Waals surface area contributed by atoms with E-state index < -0.39 is 0 Å². The van der Waals surface area contributed by atoms with E-state index >= 15 is 0 Å². The van der Waals surface area contributed by atoms with Crippen molar-refractivity contribution < 1.29 is 9.53 Å². The summed E-state index contributed by atoms with van der Waals surface area (Å²) in [5.41, 5.74) is 1.18. The predicted molar refractivity (Wildman–Crippen MR) is 105 cm³/mol. The summed E-state index contributed by atoms with van der Waals surface area (Å²) in [6.07, 6.45) is 2.21. The van der Waals surface area contributed by atoms with Crippen molar-refractivity contribution in [2.24, 2.45) is 7.05 Å². The molecule has 144 valence electrons. The highest BCUT2D eigenvalue weighted by molar-refractivity contribution is 7.99. The molecule has 2 heterocycles. The predicted octanol–water partition coefficient (Wildman–Crippen LogP) is 1.94. The molecule has 27 heavy (non-hydrogen) atoms. The fraction of sp³-hybridized carbons (Fsp3) is 0.526. The highest BCUT2D eigenvalue weighted by Crippen LogP contribution is 2.30. The van der Waals surface area contributed by atoms with Crippen LogP contribution >= 0.6 is 11.8 Å². The summed E-state index contributed by atoms with van der Waals surface area (Å²) in [5, 5.41) is 9.38. The van der Waals surface area contributed by atoms with Gasteiger partial charge < -0.3 is 14.5 Å². The van der Waals surface area contributed by atoms with E-state index in [1.54, 1.807) is 0 Å². The van der Waals surface area contributed by atoms with Crippen molar-refractivity contribution in [3.05, 3.63) is 35.9 Å². The van der Waals surface area contributed by atoms with Gasteiger partial charge in [0.2, 0.25) is 11.9 Å². The Morgan fingerprint density at radius 1 is 1.22 bits per heavy atom. The number of benzene rings is 1. The van der Waals surface area contributed by atoms with Gasteiger partial charge in [-0.15, -0.1) is 10.2 Å². The van der Waals surface area contributed by atoms with Gasteiger partial charge in [-0.1, -0.05) is 42.1 Å². The first-order valence-corrected chi connectivity index (χ1v) is 10.4. The van der Waals surface area contributed by atoms with Crippen molar-refractivity contribution in [1.29, 1.82) is 0 Å². The second-order valence-electron chi connectivity index (χ2n) is 6.97. The Bertz CT molecular complexity index is 772. The molecule has 1 aliphatic heterocycles. The van der Waals surface area contributed by atoms with E-state index in [0.29, 0.717) is 31.6 Å². The maximum Gasteiger partial charge on any atom is 0.233 e. The van der Waals surface area contributed by atoms with Crippen LogP contribution in [0.1, 0.15) is 18.4 Å². The van der Waals surface area contributed by atoms with Crippen LogP contribution in [0, 0.1) is 0 Å². The lowest BCUT2D eigenvalue weighted by atomic mass is 10.2. The number of carbonyl (C=O) groups excluding carboxylic acids is 1. The molecule has 2 aliphatic rings. The third-order valence-electron chi connectivity index (χ3n) is 4.93. The fourth-order valence-corrected chi connectivity index (χ4v) is 4.06. The standard InChI is InChI=1S/C19H25N5O2S/c1-22-18(23-9-11-26-12-10-23)20-21-19(22)27-14-17(25)24(16-7-8-16)13-15-5-3-2-4-6-15/h2-6,16H,7-14H2,1H3. The number of aromatic nitrogens is 3. The van der Waals surface area contributed by atoms with Crippen molar-refractivity contribution >= 4 is 23.6 Å². The van der Waals surface area contributed by atoms with Crippen molar-refractivity contribution in [3.8, 4) is 0 Å². The van der Waals surface area contributed by atoms with E-state index in [0.717, 1.165) is 37.0 Å². The molecule has 0 N–H and O–H groups in total. The first-order chi connectivity index (χ1) is 13.2. The Labute approximate surface area is 163 Å². The van der Waals surface area contributed by atoms with Crippen LogP contribution in [0.5, 0.6) is 0 Å². The second-order valence-corrected chi connectivity index (χ2v) is 7.91. The highest BCUT2D eigenvalue weighted by atomic mass is 32.2. The minimum atomic E-state index is 0.169. The number of nitrogens with zero attached hydrogens (tertiary/aromatic N) is 5. The van der Waals surface area contributed by atoms with E-state index in [4.69, 9.17) is 4.74 Å². The van der Waals surface area contributed by atoms with Crippen LogP contribution in [0.2, 0.25) is 0 Å². The van der Waals surface area contributed by atoms with Crippen LogP contribution in [-0.2, 0) is 23.1 Å². The normalized spacial score (nSPS) is 17.1. The molecule has 0 radical (unpaired) electrons. The van der Waals surface area contributed by atoms with Crippen LogP contribution in [0.15, 0.2) is 35.5 Å². The lowest BCUT2D eigenvalue weighted by Crippen LogP contribution is -2.37. The maximum absolute atomic E-state index is 12.8. The average Bonchev–Trinajstić information content (AvgIpc) is 3.48. The number of anilines is 1. The molecule has 2 aromatic rings. The van der Waals surface area contributed by atoms with E-state index in [2.05, 4.69) is 27.2 Å². The van der Waals surface area contributed by atoms with Gasteiger partial charge in [-0.05, 0) is 18.4 Å². The van der Waals surface area contributed by atoms with Gasteiger partial charge in [0.15, 0.2) is 5.16 Å². The van der Waals surface area contributed by atoms with E-state index in [9.17, 15) is 4.79 Å². The summed E-state index contributed by atoms with van der Waals surface area (Å²) in [5.74, 6) is 1.40. The number of morpholine rings is 1. The molecule has 1 saturated carbocycles. The van der Waals surface area contributed by atoms with E-state index in [1.807, 2.05) is 34.7 Å². The van der Waals surface area contributed by atoms with Gasteiger partial charge in [0, 0.05) is 32.7 Å². The zero-order chi connectivity index (χ0) is 18.6. The summed E-state index contributed by atoms with van der Waals surface area (Å²) in [4.78, 5) is 17.0. The van der Waals surface area contributed by atoms with Gasteiger partial charge in [-0.3, -0.25) is 9.36 Å². The van der Waals surface area contributed by atoms with Crippen molar-refractivity contribution in [2.75, 3.05) is 37.0 Å². The number of ether oxygens (including phenoxy) is 1. The summed E-state index contributed by atoms with van der Waals surface area (Å²) < 4.78 is 7.37. The van der Waals surface area contributed by atoms with Gasteiger partial charge in [0.1, 0.15) is 0 Å². The number of hydrogen-bond acceptors (Lipinski definition) is 6. The molecule has 1 aromatic heterocycles. The Balaban J connectivity index is 1.37. The third-order valence-corrected chi connectivity index (χ3v) is 5.94. The smallest absolute Gasteiger partial charge is 0.233 e. The first kappa shape index (κ1) is 18.3. The lowest BCUT2D eigenvalue weighted by Gasteiger charge is -2.27. The van der Waals surface area contributed by atoms with Crippen molar-refractivity contribution in [3.63, 3.8) is 0 Å². The molecule has 0 atom stereocenters. The SMILES string of the molecule is Cn1c(SCC(=O)N(Cc2ccccc2)C2CC2)nnc1N1CCOCC1. The molecule has 4 rings (SSSR count). The number of carbonyl (C=O) groups is 1. The first-order valence-electron chi connectivity index (χ1n) is 9.40. The maximum atomic E-state index is 12.8. The summed E-state index contributed by atoms with van der Waals surface area (Å²) in [6.45, 7) is 3.75. The molecule has 1 aliphatic carbocycles. The molecule has 1 saturated heterocycles. The highest BCUT2D eigenvalue weighted by Gasteiger charge is 2.32. The van der Waals surface area contributed by atoms with Gasteiger partial charge in [0.05, 0.1) is 19.0 Å². The topological polar surface area (TPSA) is 63.5 Å². The van der Waals surface area contributed by atoms with Crippen LogP contribution < -0.4 is 4.90 Å². The van der Waals surface area contributed by atoms with E-state index in [1.165, 1.54) is 17.3 Å². The van der Waals surface area contributed by atoms with E-state index in [-0.39, 0.29) is 5.91 Å². The van der Waals surface area contributed by atoms with Gasteiger partial charge in [-0.25, -0.2) is 0 Å². The molecule has 1 amide bonds. The molecule has 1 aromatic carbocycles. The Morgan fingerprint density at radius 3 is 2.67 bits per heavy atom. The number of hydrogen-bond donors (Lipinski definition) is 0. The minimum absolute atomic E-state index is 0.169. The van der Waals surface area contributed by atoms with Crippen molar-refractivity contribution in [2.45, 2.75) is 30.6 Å². The molecule has 8 heteroatoms. The monoisotopic (exact) mass is 387 g/mol. The summed E-state index contributed by atoms with van der Waals surface area (Å²) in [7, 11) is 1.96.